The number of likely N-dealkylation sites (N-methyl/N-ethyl adjacent to an activating group) is 1. The highest BCUT2D eigenvalue weighted by atomic mass is 19.1. The summed E-state index contributed by atoms with van der Waals surface area (Å²) in [5.41, 5.74) is 1.11. The van der Waals surface area contributed by atoms with Crippen LogP contribution in [0.2, 0.25) is 0 Å². The van der Waals surface area contributed by atoms with Crippen molar-refractivity contribution in [3.05, 3.63) is 35.6 Å². The van der Waals surface area contributed by atoms with E-state index in [-0.39, 0.29) is 11.9 Å². The number of nitrogens with zero attached hydrogens (tertiary/aromatic N) is 3. The molecule has 31 heavy (non-hydrogen) atoms. The zero-order valence-corrected chi connectivity index (χ0v) is 19.2. The van der Waals surface area contributed by atoms with Gasteiger partial charge in [-0.2, -0.15) is 0 Å². The molecule has 2 saturated heterocycles. The van der Waals surface area contributed by atoms with E-state index in [4.69, 9.17) is 14.5 Å². The number of aliphatic imine (C=N–C) groups is 1. The molecule has 174 valence electrons. The highest BCUT2D eigenvalue weighted by Gasteiger charge is 2.23. The van der Waals surface area contributed by atoms with Crippen molar-refractivity contribution in [3.8, 4) is 0 Å². The van der Waals surface area contributed by atoms with Gasteiger partial charge in [0.15, 0.2) is 5.96 Å². The first-order valence-corrected chi connectivity index (χ1v) is 11.8. The van der Waals surface area contributed by atoms with E-state index in [0.29, 0.717) is 6.10 Å². The Balaban J connectivity index is 1.39. The number of halogens is 1. The van der Waals surface area contributed by atoms with Crippen LogP contribution in [-0.2, 0) is 16.0 Å². The van der Waals surface area contributed by atoms with E-state index < -0.39 is 0 Å². The van der Waals surface area contributed by atoms with E-state index in [2.05, 4.69) is 29.1 Å². The number of ether oxygens (including phenoxy) is 2. The lowest BCUT2D eigenvalue weighted by Crippen LogP contribution is -2.47. The molecule has 0 saturated carbocycles. The maximum Gasteiger partial charge on any atom is 0.193 e. The van der Waals surface area contributed by atoms with E-state index in [0.717, 1.165) is 83.3 Å². The second-order valence-electron chi connectivity index (χ2n) is 8.61. The molecule has 2 heterocycles. The predicted octanol–water partition coefficient (Wildman–Crippen LogP) is 3.27. The molecule has 1 atom stereocenters. The number of hydrogen-bond donors (Lipinski definition) is 1. The number of benzene rings is 1. The van der Waals surface area contributed by atoms with Gasteiger partial charge in [0, 0.05) is 39.3 Å². The van der Waals surface area contributed by atoms with Crippen molar-refractivity contribution in [2.24, 2.45) is 4.99 Å². The summed E-state index contributed by atoms with van der Waals surface area (Å²) < 4.78 is 25.0. The summed E-state index contributed by atoms with van der Waals surface area (Å²) in [4.78, 5) is 9.41. The molecule has 2 aliphatic rings. The minimum absolute atomic E-state index is 0.192. The third-order valence-electron chi connectivity index (χ3n) is 5.98. The fraction of sp³-hybridized carbons (Fsp3) is 0.708. The summed E-state index contributed by atoms with van der Waals surface area (Å²) in [5, 5.41) is 3.44. The summed E-state index contributed by atoms with van der Waals surface area (Å²) in [6.45, 7) is 8.90. The van der Waals surface area contributed by atoms with Gasteiger partial charge in [0.05, 0.1) is 25.4 Å². The molecule has 1 unspecified atom stereocenters. The van der Waals surface area contributed by atoms with Crippen LogP contribution in [0.25, 0.3) is 0 Å². The Bertz CT molecular complexity index is 656. The average molecular weight is 435 g/mol. The van der Waals surface area contributed by atoms with Crippen molar-refractivity contribution < 1.29 is 13.9 Å². The molecule has 0 bridgehead atoms. The van der Waals surface area contributed by atoms with E-state index >= 15 is 0 Å². The van der Waals surface area contributed by atoms with Gasteiger partial charge in [0.2, 0.25) is 0 Å². The zero-order chi connectivity index (χ0) is 21.9. The van der Waals surface area contributed by atoms with Gasteiger partial charge in [-0.15, -0.1) is 0 Å². The fourth-order valence-electron chi connectivity index (χ4n) is 4.15. The third kappa shape index (κ3) is 8.39. The number of piperidine rings is 1. The highest BCUT2D eigenvalue weighted by molar-refractivity contribution is 5.80. The summed E-state index contributed by atoms with van der Waals surface area (Å²) in [5.74, 6) is 0.800. The summed E-state index contributed by atoms with van der Waals surface area (Å²) in [7, 11) is 2.07. The highest BCUT2D eigenvalue weighted by Crippen LogP contribution is 2.18. The van der Waals surface area contributed by atoms with E-state index in [1.165, 1.54) is 25.0 Å². The maximum absolute atomic E-state index is 13.1. The quantitative estimate of drug-likeness (QED) is 0.478. The monoisotopic (exact) mass is 434 g/mol. The Morgan fingerprint density at radius 2 is 2.00 bits per heavy atom. The van der Waals surface area contributed by atoms with E-state index in [9.17, 15) is 4.39 Å². The molecule has 2 aliphatic heterocycles. The molecule has 1 aromatic carbocycles. The first-order chi connectivity index (χ1) is 15.1. The average Bonchev–Trinajstić information content (AvgIpc) is 2.80. The smallest absolute Gasteiger partial charge is 0.193 e. The molecule has 3 rings (SSSR count). The van der Waals surface area contributed by atoms with Crippen LogP contribution in [-0.4, -0.2) is 81.0 Å². The molecule has 1 aromatic rings. The summed E-state index contributed by atoms with van der Waals surface area (Å²) >= 11 is 0. The Morgan fingerprint density at radius 3 is 2.68 bits per heavy atom. The predicted molar refractivity (Wildman–Crippen MR) is 123 cm³/mol. The molecule has 0 amide bonds. The van der Waals surface area contributed by atoms with Crippen LogP contribution in [0.4, 0.5) is 4.39 Å². The number of likely N-dealkylation sites (tertiary alicyclic amines) is 1. The zero-order valence-electron chi connectivity index (χ0n) is 19.2. The van der Waals surface area contributed by atoms with Crippen molar-refractivity contribution in [2.45, 2.75) is 57.8 Å². The Morgan fingerprint density at radius 1 is 1.23 bits per heavy atom. The van der Waals surface area contributed by atoms with Gasteiger partial charge in [-0.3, -0.25) is 4.99 Å². The number of guanidine groups is 1. The van der Waals surface area contributed by atoms with Crippen LogP contribution in [0, 0.1) is 5.82 Å². The molecule has 0 spiro atoms. The van der Waals surface area contributed by atoms with Gasteiger partial charge in [0.25, 0.3) is 0 Å². The van der Waals surface area contributed by atoms with Gasteiger partial charge in [-0.05, 0) is 63.8 Å². The van der Waals surface area contributed by atoms with E-state index in [1.54, 1.807) is 0 Å². The van der Waals surface area contributed by atoms with Gasteiger partial charge >= 0.3 is 0 Å². The molecule has 2 fully saturated rings. The van der Waals surface area contributed by atoms with Crippen LogP contribution in [0.5, 0.6) is 0 Å². The lowest BCUT2D eigenvalue weighted by atomic mass is 10.1. The lowest BCUT2D eigenvalue weighted by molar-refractivity contribution is -0.0721. The van der Waals surface area contributed by atoms with Crippen molar-refractivity contribution in [2.75, 3.05) is 53.0 Å². The van der Waals surface area contributed by atoms with Crippen LogP contribution in [0.3, 0.4) is 0 Å². The van der Waals surface area contributed by atoms with Crippen molar-refractivity contribution >= 4 is 5.96 Å². The third-order valence-corrected chi connectivity index (χ3v) is 5.98. The molecule has 0 aromatic heterocycles. The molecule has 7 heteroatoms. The topological polar surface area (TPSA) is 49.3 Å². The van der Waals surface area contributed by atoms with Crippen molar-refractivity contribution in [1.29, 1.82) is 0 Å². The minimum Gasteiger partial charge on any atom is -0.376 e. The number of nitrogens with one attached hydrogen (secondary N) is 1. The van der Waals surface area contributed by atoms with Crippen LogP contribution in [0.15, 0.2) is 29.3 Å². The van der Waals surface area contributed by atoms with Gasteiger partial charge in [-0.25, -0.2) is 4.39 Å². The molecular formula is C24H39FN4O2. The fourth-order valence-corrected chi connectivity index (χ4v) is 4.15. The van der Waals surface area contributed by atoms with E-state index in [1.807, 2.05) is 12.1 Å². The van der Waals surface area contributed by atoms with Crippen LogP contribution < -0.4 is 5.32 Å². The number of rotatable bonds is 9. The lowest BCUT2D eigenvalue weighted by Gasteiger charge is -2.35. The number of hydrogen-bond acceptors (Lipinski definition) is 4. The normalized spacial score (nSPS) is 21.0. The first kappa shape index (κ1) is 24.0. The Kier molecular flexibility index (Phi) is 10.0. The van der Waals surface area contributed by atoms with Crippen molar-refractivity contribution in [1.82, 2.24) is 15.1 Å². The second kappa shape index (κ2) is 13.0. The summed E-state index contributed by atoms with van der Waals surface area (Å²) in [6.07, 6.45) is 6.25. The van der Waals surface area contributed by atoms with Crippen molar-refractivity contribution in [3.63, 3.8) is 0 Å². The second-order valence-corrected chi connectivity index (χ2v) is 8.61. The Hall–Kier alpha value is -1.70. The van der Waals surface area contributed by atoms with Gasteiger partial charge in [0.1, 0.15) is 5.82 Å². The SMILES string of the molecule is CCNC(=NCCN(C)Cc1ccc(F)cc1)N1CCC(OCC2CCCCO2)CC1. The minimum atomic E-state index is -0.192. The molecule has 0 aliphatic carbocycles. The first-order valence-electron chi connectivity index (χ1n) is 11.8. The molecule has 0 radical (unpaired) electrons. The van der Waals surface area contributed by atoms with Crippen LogP contribution in [0.1, 0.15) is 44.6 Å². The molecule has 1 N–H and O–H groups in total. The summed E-state index contributed by atoms with van der Waals surface area (Å²) in [6, 6.07) is 6.71. The molecular weight excluding hydrogens is 395 g/mol. The van der Waals surface area contributed by atoms with Crippen LogP contribution >= 0.6 is 0 Å². The largest absolute Gasteiger partial charge is 0.376 e. The maximum atomic E-state index is 13.1. The Labute approximate surface area is 186 Å². The molecule has 6 nitrogen and oxygen atoms in total. The standard InChI is InChI=1S/C24H39FN4O2/c1-3-26-24(27-13-16-28(2)18-20-7-9-21(25)10-8-20)29-14-11-22(12-15-29)31-19-23-6-4-5-17-30-23/h7-10,22-23H,3-6,11-19H2,1-2H3,(H,26,27). The van der Waals surface area contributed by atoms with Gasteiger partial charge < -0.3 is 24.6 Å². The van der Waals surface area contributed by atoms with Gasteiger partial charge in [-0.1, -0.05) is 12.1 Å².